The summed E-state index contributed by atoms with van der Waals surface area (Å²) in [4.78, 5) is 33.3. The molecule has 1 aliphatic rings. The number of hydrogen-bond acceptors (Lipinski definition) is 6. The molecular weight excluding hydrogens is 328 g/mol. The third kappa shape index (κ3) is 3.37. The van der Waals surface area contributed by atoms with Crippen molar-refractivity contribution < 1.29 is 4.79 Å². The standard InChI is InChI=1S/C19H18N6O/c26-19(17-13-20-6-7-21-17)25-10-8-24(9-11-25)18-12-16(22-14-23-18)15-4-2-1-3-5-15/h1-7,12-14H,8-11H2. The SMILES string of the molecule is O=C(c1cnccn1)N1CCN(c2cc(-c3ccccc3)ncn2)CC1. The minimum Gasteiger partial charge on any atom is -0.353 e. The third-order valence-electron chi connectivity index (χ3n) is 4.40. The van der Waals surface area contributed by atoms with Crippen molar-refractivity contribution in [1.29, 1.82) is 0 Å². The highest BCUT2D eigenvalue weighted by molar-refractivity contribution is 5.92. The number of carbonyl (C=O) groups is 1. The Bertz CT molecular complexity index is 879. The number of piperazine rings is 1. The molecule has 0 unspecified atom stereocenters. The summed E-state index contributed by atoms with van der Waals surface area (Å²) in [5.74, 6) is 0.802. The van der Waals surface area contributed by atoms with Crippen molar-refractivity contribution >= 4 is 11.7 Å². The molecule has 3 heterocycles. The van der Waals surface area contributed by atoms with E-state index in [4.69, 9.17) is 0 Å². The van der Waals surface area contributed by atoms with Gasteiger partial charge in [0.15, 0.2) is 0 Å². The molecule has 7 heteroatoms. The molecule has 7 nitrogen and oxygen atoms in total. The van der Waals surface area contributed by atoms with E-state index >= 15 is 0 Å². The van der Waals surface area contributed by atoms with Gasteiger partial charge in [-0.25, -0.2) is 15.0 Å². The lowest BCUT2D eigenvalue weighted by Gasteiger charge is -2.35. The maximum atomic E-state index is 12.5. The van der Waals surface area contributed by atoms with E-state index in [1.165, 1.54) is 12.4 Å². The summed E-state index contributed by atoms with van der Waals surface area (Å²) in [5, 5.41) is 0. The van der Waals surface area contributed by atoms with Crippen LogP contribution in [0.15, 0.2) is 61.3 Å². The van der Waals surface area contributed by atoms with Crippen LogP contribution < -0.4 is 4.90 Å². The van der Waals surface area contributed by atoms with Crippen LogP contribution in [-0.4, -0.2) is 56.9 Å². The van der Waals surface area contributed by atoms with Crippen molar-refractivity contribution in [2.24, 2.45) is 0 Å². The van der Waals surface area contributed by atoms with Gasteiger partial charge in [0.05, 0.1) is 11.9 Å². The Balaban J connectivity index is 1.45. The lowest BCUT2D eigenvalue weighted by molar-refractivity contribution is 0.0740. The van der Waals surface area contributed by atoms with Gasteiger partial charge < -0.3 is 9.80 Å². The van der Waals surface area contributed by atoms with Crippen LogP contribution in [0, 0.1) is 0 Å². The van der Waals surface area contributed by atoms with Gasteiger partial charge in [0, 0.05) is 50.2 Å². The van der Waals surface area contributed by atoms with Gasteiger partial charge in [-0.15, -0.1) is 0 Å². The van der Waals surface area contributed by atoms with E-state index in [1.807, 2.05) is 36.4 Å². The van der Waals surface area contributed by atoms with Gasteiger partial charge >= 0.3 is 0 Å². The molecule has 0 saturated carbocycles. The molecule has 1 aliphatic heterocycles. The normalized spacial score (nSPS) is 14.3. The molecule has 1 saturated heterocycles. The molecular formula is C19H18N6O. The van der Waals surface area contributed by atoms with Gasteiger partial charge in [0.2, 0.25) is 0 Å². The number of carbonyl (C=O) groups excluding carboxylic acids is 1. The Labute approximate surface area is 151 Å². The summed E-state index contributed by atoms with van der Waals surface area (Å²) >= 11 is 0. The van der Waals surface area contributed by atoms with Gasteiger partial charge in [0.1, 0.15) is 17.8 Å². The van der Waals surface area contributed by atoms with Crippen LogP contribution >= 0.6 is 0 Å². The summed E-state index contributed by atoms with van der Waals surface area (Å²) in [6, 6.07) is 12.0. The fourth-order valence-electron chi connectivity index (χ4n) is 3.00. The zero-order valence-electron chi connectivity index (χ0n) is 14.2. The number of aromatic nitrogens is 4. The number of nitrogens with zero attached hydrogens (tertiary/aromatic N) is 6. The monoisotopic (exact) mass is 346 g/mol. The van der Waals surface area contributed by atoms with Crippen LogP contribution in [-0.2, 0) is 0 Å². The Kier molecular flexibility index (Phi) is 4.51. The maximum absolute atomic E-state index is 12.5. The van der Waals surface area contributed by atoms with E-state index in [2.05, 4.69) is 24.8 Å². The largest absolute Gasteiger partial charge is 0.353 e. The van der Waals surface area contributed by atoms with Crippen LogP contribution in [0.5, 0.6) is 0 Å². The quantitative estimate of drug-likeness (QED) is 0.721. The minimum absolute atomic E-state index is 0.0783. The molecule has 130 valence electrons. The minimum atomic E-state index is -0.0783. The lowest BCUT2D eigenvalue weighted by atomic mass is 10.1. The number of anilines is 1. The number of hydrogen-bond donors (Lipinski definition) is 0. The summed E-state index contributed by atoms with van der Waals surface area (Å²) in [6.07, 6.45) is 6.20. The molecule has 0 N–H and O–H groups in total. The van der Waals surface area contributed by atoms with Gasteiger partial charge in [-0.3, -0.25) is 9.78 Å². The van der Waals surface area contributed by atoms with Crippen LogP contribution in [0.4, 0.5) is 5.82 Å². The second kappa shape index (κ2) is 7.26. The van der Waals surface area contributed by atoms with E-state index in [9.17, 15) is 4.79 Å². The highest BCUT2D eigenvalue weighted by atomic mass is 16.2. The summed E-state index contributed by atoms with van der Waals surface area (Å²) in [5.41, 5.74) is 2.34. The summed E-state index contributed by atoms with van der Waals surface area (Å²) < 4.78 is 0. The summed E-state index contributed by atoms with van der Waals surface area (Å²) in [6.45, 7) is 2.69. The van der Waals surface area contributed by atoms with Crippen molar-refractivity contribution in [3.05, 3.63) is 67.0 Å². The van der Waals surface area contributed by atoms with Crippen LogP contribution in [0.25, 0.3) is 11.3 Å². The average molecular weight is 346 g/mol. The molecule has 4 rings (SSSR count). The molecule has 26 heavy (non-hydrogen) atoms. The van der Waals surface area contributed by atoms with Gasteiger partial charge in [-0.2, -0.15) is 0 Å². The van der Waals surface area contributed by atoms with Crippen molar-refractivity contribution in [2.75, 3.05) is 31.1 Å². The smallest absolute Gasteiger partial charge is 0.274 e. The molecule has 3 aromatic rings. The first-order valence-electron chi connectivity index (χ1n) is 8.49. The molecule has 1 fully saturated rings. The molecule has 0 aliphatic carbocycles. The average Bonchev–Trinajstić information content (AvgIpc) is 2.75. The Morgan fingerprint density at radius 1 is 0.923 bits per heavy atom. The van der Waals surface area contributed by atoms with Gasteiger partial charge in [0.25, 0.3) is 5.91 Å². The third-order valence-corrected chi connectivity index (χ3v) is 4.40. The first-order chi connectivity index (χ1) is 12.8. The molecule has 1 amide bonds. The van der Waals surface area contributed by atoms with Gasteiger partial charge in [-0.1, -0.05) is 30.3 Å². The molecule has 0 spiro atoms. The topological polar surface area (TPSA) is 75.1 Å². The maximum Gasteiger partial charge on any atom is 0.274 e. The highest BCUT2D eigenvalue weighted by Gasteiger charge is 2.23. The zero-order chi connectivity index (χ0) is 17.8. The predicted octanol–water partition coefficient (Wildman–Crippen LogP) is 1.90. The van der Waals surface area contributed by atoms with Crippen molar-refractivity contribution in [2.45, 2.75) is 0 Å². The Hall–Kier alpha value is -3.35. The first-order valence-corrected chi connectivity index (χ1v) is 8.49. The first kappa shape index (κ1) is 16.1. The number of benzene rings is 1. The second-order valence-electron chi connectivity index (χ2n) is 6.00. The van der Waals surface area contributed by atoms with Crippen molar-refractivity contribution in [1.82, 2.24) is 24.8 Å². The Morgan fingerprint density at radius 2 is 1.73 bits per heavy atom. The van der Waals surface area contributed by atoms with E-state index in [0.29, 0.717) is 18.8 Å². The zero-order valence-corrected chi connectivity index (χ0v) is 14.2. The van der Waals surface area contributed by atoms with Crippen LogP contribution in [0.1, 0.15) is 10.5 Å². The number of amides is 1. The van der Waals surface area contributed by atoms with Crippen LogP contribution in [0.3, 0.4) is 0 Å². The fraction of sp³-hybridized carbons (Fsp3) is 0.211. The van der Waals surface area contributed by atoms with Crippen molar-refractivity contribution in [3.8, 4) is 11.3 Å². The highest BCUT2D eigenvalue weighted by Crippen LogP contribution is 2.21. The molecule has 0 radical (unpaired) electrons. The second-order valence-corrected chi connectivity index (χ2v) is 6.00. The summed E-state index contributed by atoms with van der Waals surface area (Å²) in [7, 11) is 0. The molecule has 0 bridgehead atoms. The predicted molar refractivity (Wildman–Crippen MR) is 97.6 cm³/mol. The van der Waals surface area contributed by atoms with Crippen LogP contribution in [0.2, 0.25) is 0 Å². The van der Waals surface area contributed by atoms with E-state index in [-0.39, 0.29) is 5.91 Å². The number of rotatable bonds is 3. The molecule has 2 aromatic heterocycles. The van der Waals surface area contributed by atoms with E-state index in [1.54, 1.807) is 17.4 Å². The van der Waals surface area contributed by atoms with Crippen molar-refractivity contribution in [3.63, 3.8) is 0 Å². The molecule has 1 aromatic carbocycles. The Morgan fingerprint density at radius 3 is 2.46 bits per heavy atom. The lowest BCUT2D eigenvalue weighted by Crippen LogP contribution is -2.49. The fourth-order valence-corrected chi connectivity index (χ4v) is 3.00. The molecule has 0 atom stereocenters. The van der Waals surface area contributed by atoms with Gasteiger partial charge in [-0.05, 0) is 0 Å². The van der Waals surface area contributed by atoms with E-state index < -0.39 is 0 Å². The van der Waals surface area contributed by atoms with E-state index in [0.717, 1.165) is 30.2 Å².